The van der Waals surface area contributed by atoms with E-state index in [2.05, 4.69) is 22.9 Å². The fourth-order valence-corrected chi connectivity index (χ4v) is 8.35. The zero-order valence-corrected chi connectivity index (χ0v) is 25.1. The smallest absolute Gasteiger partial charge is 0.243 e. The van der Waals surface area contributed by atoms with Crippen LogP contribution >= 0.6 is 11.3 Å². The first-order valence-electron chi connectivity index (χ1n) is 13.1. The summed E-state index contributed by atoms with van der Waals surface area (Å²) in [6, 6.07) is 15.7. The molecule has 1 fully saturated rings. The number of rotatable bonds is 6. The van der Waals surface area contributed by atoms with Gasteiger partial charge in [0.25, 0.3) is 0 Å². The lowest BCUT2D eigenvalue weighted by Gasteiger charge is -2.30. The highest BCUT2D eigenvalue weighted by Crippen LogP contribution is 2.22. The summed E-state index contributed by atoms with van der Waals surface area (Å²) in [6.45, 7) is 10.9. The molecule has 1 aromatic heterocycles. The van der Waals surface area contributed by atoms with Crippen LogP contribution < -0.4 is 0 Å². The van der Waals surface area contributed by atoms with Gasteiger partial charge in [0.2, 0.25) is 20.0 Å². The van der Waals surface area contributed by atoms with Gasteiger partial charge in [-0.1, -0.05) is 42.0 Å². The number of nitrogens with zero attached hydrogens (tertiary/aromatic N) is 3. The Morgan fingerprint density at radius 1 is 0.718 bits per heavy atom. The molecular formula is C29H37N3O4S3. The summed E-state index contributed by atoms with van der Waals surface area (Å²) in [5, 5.41) is 4.16. The summed E-state index contributed by atoms with van der Waals surface area (Å²) in [5.41, 5.74) is 3.70. The van der Waals surface area contributed by atoms with Crippen molar-refractivity contribution in [2.45, 2.75) is 43.0 Å². The maximum absolute atomic E-state index is 13.7. The van der Waals surface area contributed by atoms with Gasteiger partial charge in [-0.15, -0.1) is 0 Å². The normalized spacial score (nSPS) is 17.9. The van der Waals surface area contributed by atoms with E-state index in [1.165, 1.54) is 14.2 Å². The SMILES string of the molecule is C=C1CN(S(=O)(=O)c2ccc(C)cc2)CCCN(Cc2ccsc2)CCCN(S(=O)(=O)c2ccc(C)cc2)C1. The Balaban J connectivity index is 1.63. The van der Waals surface area contributed by atoms with Crippen molar-refractivity contribution in [3.63, 3.8) is 0 Å². The largest absolute Gasteiger partial charge is 0.299 e. The summed E-state index contributed by atoms with van der Waals surface area (Å²) in [6.07, 6.45) is 1.32. The molecule has 2 aromatic carbocycles. The summed E-state index contributed by atoms with van der Waals surface area (Å²) in [5.74, 6) is 0. The van der Waals surface area contributed by atoms with Crippen molar-refractivity contribution in [1.29, 1.82) is 0 Å². The monoisotopic (exact) mass is 587 g/mol. The predicted octanol–water partition coefficient (Wildman–Crippen LogP) is 4.90. The van der Waals surface area contributed by atoms with E-state index in [-0.39, 0.29) is 22.9 Å². The highest BCUT2D eigenvalue weighted by molar-refractivity contribution is 7.89. The van der Waals surface area contributed by atoms with E-state index in [0.29, 0.717) is 44.6 Å². The first kappa shape index (κ1) is 29.6. The maximum Gasteiger partial charge on any atom is 0.243 e. The Hall–Kier alpha value is -2.34. The van der Waals surface area contributed by atoms with Crippen LogP contribution in [0.4, 0.5) is 0 Å². The molecule has 1 saturated heterocycles. The van der Waals surface area contributed by atoms with Crippen LogP contribution in [0, 0.1) is 13.8 Å². The highest BCUT2D eigenvalue weighted by Gasteiger charge is 2.29. The van der Waals surface area contributed by atoms with Gasteiger partial charge in [-0.2, -0.15) is 19.9 Å². The van der Waals surface area contributed by atoms with Gasteiger partial charge >= 0.3 is 0 Å². The lowest BCUT2D eigenvalue weighted by atomic mass is 10.2. The molecule has 210 valence electrons. The van der Waals surface area contributed by atoms with Crippen LogP contribution in [-0.4, -0.2) is 69.6 Å². The molecule has 2 heterocycles. The molecule has 0 amide bonds. The van der Waals surface area contributed by atoms with Crippen molar-refractivity contribution in [3.05, 3.63) is 94.2 Å². The Labute approximate surface area is 237 Å². The molecule has 0 radical (unpaired) electrons. The Kier molecular flexibility index (Phi) is 9.79. The van der Waals surface area contributed by atoms with Crippen molar-refractivity contribution in [1.82, 2.24) is 13.5 Å². The van der Waals surface area contributed by atoms with Gasteiger partial charge in [0, 0.05) is 32.7 Å². The standard InChI is InChI=1S/C29H37N3O4S3/c1-24-6-10-28(11-7-24)38(33,34)31-17-4-15-30(22-27-14-19-37-23-27)16-5-18-32(21-26(3)20-31)39(35,36)29-12-8-25(2)9-13-29/h6-14,19,23H,3-5,15-18,20-22H2,1-2H3. The van der Waals surface area contributed by atoms with E-state index >= 15 is 0 Å². The van der Waals surface area contributed by atoms with E-state index < -0.39 is 20.0 Å². The van der Waals surface area contributed by atoms with Gasteiger partial charge in [-0.3, -0.25) is 4.90 Å². The predicted molar refractivity (Wildman–Crippen MR) is 158 cm³/mol. The van der Waals surface area contributed by atoms with E-state index in [4.69, 9.17) is 0 Å². The third-order valence-electron chi connectivity index (χ3n) is 6.87. The Morgan fingerprint density at radius 2 is 1.18 bits per heavy atom. The van der Waals surface area contributed by atoms with E-state index in [0.717, 1.165) is 17.7 Å². The maximum atomic E-state index is 13.7. The second kappa shape index (κ2) is 12.9. The molecule has 0 unspecified atom stereocenters. The molecule has 0 atom stereocenters. The first-order chi connectivity index (χ1) is 18.6. The molecule has 4 rings (SSSR count). The van der Waals surface area contributed by atoms with Crippen LogP contribution in [0.25, 0.3) is 0 Å². The van der Waals surface area contributed by atoms with Crippen LogP contribution in [0.5, 0.6) is 0 Å². The lowest BCUT2D eigenvalue weighted by Crippen LogP contribution is -2.41. The fraction of sp³-hybridized carbons (Fsp3) is 0.379. The fourth-order valence-electron chi connectivity index (χ4n) is 4.69. The minimum atomic E-state index is -3.79. The van der Waals surface area contributed by atoms with Crippen molar-refractivity contribution in [2.24, 2.45) is 0 Å². The molecule has 3 aromatic rings. The van der Waals surface area contributed by atoms with Crippen LogP contribution in [0.3, 0.4) is 0 Å². The third-order valence-corrected chi connectivity index (χ3v) is 11.3. The molecular weight excluding hydrogens is 551 g/mol. The molecule has 0 saturated carbocycles. The van der Waals surface area contributed by atoms with Crippen molar-refractivity contribution < 1.29 is 16.8 Å². The second-order valence-electron chi connectivity index (χ2n) is 10.2. The highest BCUT2D eigenvalue weighted by atomic mass is 32.2. The van der Waals surface area contributed by atoms with Crippen molar-refractivity contribution in [2.75, 3.05) is 39.3 Å². The van der Waals surface area contributed by atoms with Crippen LogP contribution in [0.2, 0.25) is 0 Å². The molecule has 0 bridgehead atoms. The van der Waals surface area contributed by atoms with Crippen LogP contribution in [0.1, 0.15) is 29.5 Å². The molecule has 10 heteroatoms. The van der Waals surface area contributed by atoms with E-state index in [1.54, 1.807) is 59.9 Å². The summed E-state index contributed by atoms with van der Waals surface area (Å²) in [7, 11) is -7.58. The molecule has 7 nitrogen and oxygen atoms in total. The number of hydrogen-bond acceptors (Lipinski definition) is 6. The van der Waals surface area contributed by atoms with Gasteiger partial charge in [-0.25, -0.2) is 16.8 Å². The summed E-state index contributed by atoms with van der Waals surface area (Å²) in [4.78, 5) is 2.74. The summed E-state index contributed by atoms with van der Waals surface area (Å²) < 4.78 is 57.6. The molecule has 0 aliphatic carbocycles. The zero-order valence-electron chi connectivity index (χ0n) is 22.6. The average Bonchev–Trinajstić information content (AvgIpc) is 3.40. The number of benzene rings is 2. The lowest BCUT2D eigenvalue weighted by molar-refractivity contribution is 0.238. The van der Waals surface area contributed by atoms with Gasteiger partial charge in [0.05, 0.1) is 9.79 Å². The van der Waals surface area contributed by atoms with E-state index in [9.17, 15) is 16.8 Å². The molecule has 1 aliphatic heterocycles. The topological polar surface area (TPSA) is 78.0 Å². The van der Waals surface area contributed by atoms with E-state index in [1.807, 2.05) is 19.2 Å². The number of thiophene rings is 1. The average molecular weight is 588 g/mol. The van der Waals surface area contributed by atoms with Gasteiger partial charge in [-0.05, 0) is 92.0 Å². The molecule has 1 aliphatic rings. The Morgan fingerprint density at radius 3 is 1.59 bits per heavy atom. The minimum Gasteiger partial charge on any atom is -0.299 e. The van der Waals surface area contributed by atoms with Crippen LogP contribution in [-0.2, 0) is 26.6 Å². The third kappa shape index (κ3) is 7.65. The second-order valence-corrected chi connectivity index (χ2v) is 14.8. The van der Waals surface area contributed by atoms with Gasteiger partial charge < -0.3 is 0 Å². The first-order valence-corrected chi connectivity index (χ1v) is 16.9. The van der Waals surface area contributed by atoms with Crippen LogP contribution in [0.15, 0.2) is 87.3 Å². The minimum absolute atomic E-state index is 0.0562. The zero-order chi connectivity index (χ0) is 28.0. The number of hydrogen-bond donors (Lipinski definition) is 0. The molecule has 0 N–H and O–H groups in total. The molecule has 0 spiro atoms. The van der Waals surface area contributed by atoms with Crippen molar-refractivity contribution >= 4 is 31.4 Å². The van der Waals surface area contributed by atoms with Crippen molar-refractivity contribution in [3.8, 4) is 0 Å². The number of aryl methyl sites for hydroxylation is 2. The molecule has 39 heavy (non-hydrogen) atoms. The number of sulfonamides is 2. The van der Waals surface area contributed by atoms with Gasteiger partial charge in [0.1, 0.15) is 0 Å². The van der Waals surface area contributed by atoms with Gasteiger partial charge in [0.15, 0.2) is 0 Å². The quantitative estimate of drug-likeness (QED) is 0.384. The summed E-state index contributed by atoms with van der Waals surface area (Å²) >= 11 is 1.64. The Bertz CT molecular complexity index is 1360.